The molecule has 1 unspecified atom stereocenters. The highest BCUT2D eigenvalue weighted by atomic mass is 32.1. The number of carbonyl (C=O) groups is 1. The fraction of sp³-hybridized carbons (Fsp3) is 0.444. The van der Waals surface area contributed by atoms with Crippen molar-refractivity contribution in [1.82, 2.24) is 0 Å². The minimum atomic E-state index is -0.265. The standard InChI is InChI=1S/C9H10O3S/c1-11-9(10)6-2-8(13-5-6)3-7-4-12-7/h2,5,7H,3-4H2,1H3. The molecule has 0 N–H and O–H groups in total. The lowest BCUT2D eigenvalue weighted by atomic mass is 10.2. The lowest BCUT2D eigenvalue weighted by Crippen LogP contribution is -1.98. The van der Waals surface area contributed by atoms with Crippen LogP contribution < -0.4 is 0 Å². The molecule has 1 saturated heterocycles. The maximum absolute atomic E-state index is 11.1. The van der Waals surface area contributed by atoms with Gasteiger partial charge in [0.25, 0.3) is 0 Å². The van der Waals surface area contributed by atoms with Crippen LogP contribution >= 0.6 is 11.3 Å². The van der Waals surface area contributed by atoms with Crippen molar-refractivity contribution in [3.05, 3.63) is 21.9 Å². The first-order chi connectivity index (χ1) is 6.29. The largest absolute Gasteiger partial charge is 0.465 e. The van der Waals surface area contributed by atoms with E-state index in [1.54, 1.807) is 11.3 Å². The fourth-order valence-corrected chi connectivity index (χ4v) is 2.04. The Morgan fingerprint density at radius 2 is 2.62 bits per heavy atom. The Bertz CT molecular complexity index is 314. The lowest BCUT2D eigenvalue weighted by Gasteiger charge is -1.92. The highest BCUT2D eigenvalue weighted by molar-refractivity contribution is 7.10. The highest BCUT2D eigenvalue weighted by Crippen LogP contribution is 2.22. The molecular weight excluding hydrogens is 188 g/mol. The van der Waals surface area contributed by atoms with Crippen molar-refractivity contribution in [2.24, 2.45) is 0 Å². The molecule has 1 atom stereocenters. The smallest absolute Gasteiger partial charge is 0.338 e. The van der Waals surface area contributed by atoms with Crippen molar-refractivity contribution < 1.29 is 14.3 Å². The summed E-state index contributed by atoms with van der Waals surface area (Å²) in [6.07, 6.45) is 1.30. The number of esters is 1. The van der Waals surface area contributed by atoms with Gasteiger partial charge in [-0.25, -0.2) is 4.79 Å². The normalized spacial score (nSPS) is 19.9. The number of hydrogen-bond donors (Lipinski definition) is 0. The van der Waals surface area contributed by atoms with Gasteiger partial charge in [0.2, 0.25) is 0 Å². The first-order valence-corrected chi connectivity index (χ1v) is 4.95. The third-order valence-electron chi connectivity index (χ3n) is 1.91. The number of hydrogen-bond acceptors (Lipinski definition) is 4. The Hall–Kier alpha value is -0.870. The maximum Gasteiger partial charge on any atom is 0.338 e. The molecular formula is C9H10O3S. The predicted molar refractivity (Wildman–Crippen MR) is 49.1 cm³/mol. The van der Waals surface area contributed by atoms with Gasteiger partial charge in [0.1, 0.15) is 0 Å². The monoisotopic (exact) mass is 198 g/mol. The fourth-order valence-electron chi connectivity index (χ4n) is 1.12. The minimum Gasteiger partial charge on any atom is -0.465 e. The first kappa shape index (κ1) is 8.72. The van der Waals surface area contributed by atoms with E-state index in [1.807, 2.05) is 11.4 Å². The van der Waals surface area contributed by atoms with Crippen LogP contribution in [0, 0.1) is 0 Å². The third-order valence-corrected chi connectivity index (χ3v) is 2.87. The van der Waals surface area contributed by atoms with Crippen LogP contribution in [-0.2, 0) is 15.9 Å². The zero-order valence-electron chi connectivity index (χ0n) is 7.28. The summed E-state index contributed by atoms with van der Waals surface area (Å²) in [5, 5.41) is 1.82. The van der Waals surface area contributed by atoms with Gasteiger partial charge in [-0.05, 0) is 6.07 Å². The summed E-state index contributed by atoms with van der Waals surface area (Å²) >= 11 is 1.58. The van der Waals surface area contributed by atoms with Crippen LogP contribution in [-0.4, -0.2) is 25.8 Å². The molecule has 0 radical (unpaired) electrons. The van der Waals surface area contributed by atoms with Crippen LogP contribution in [0.15, 0.2) is 11.4 Å². The van der Waals surface area contributed by atoms with Crippen molar-refractivity contribution in [2.45, 2.75) is 12.5 Å². The molecule has 0 aliphatic carbocycles. The maximum atomic E-state index is 11.1. The number of epoxide rings is 1. The number of ether oxygens (including phenoxy) is 2. The molecule has 13 heavy (non-hydrogen) atoms. The molecule has 4 heteroatoms. The van der Waals surface area contributed by atoms with Gasteiger partial charge < -0.3 is 9.47 Å². The Labute approximate surface area is 80.3 Å². The summed E-state index contributed by atoms with van der Waals surface area (Å²) in [5.74, 6) is -0.265. The van der Waals surface area contributed by atoms with E-state index in [9.17, 15) is 4.79 Å². The lowest BCUT2D eigenvalue weighted by molar-refractivity contribution is 0.0601. The van der Waals surface area contributed by atoms with E-state index in [4.69, 9.17) is 4.74 Å². The summed E-state index contributed by atoms with van der Waals surface area (Å²) in [4.78, 5) is 12.3. The molecule has 0 saturated carbocycles. The van der Waals surface area contributed by atoms with E-state index in [-0.39, 0.29) is 5.97 Å². The van der Waals surface area contributed by atoms with Gasteiger partial charge in [0, 0.05) is 16.7 Å². The molecule has 1 aliphatic heterocycles. The van der Waals surface area contributed by atoms with Crippen LogP contribution in [0.2, 0.25) is 0 Å². The zero-order valence-corrected chi connectivity index (χ0v) is 8.10. The molecule has 2 rings (SSSR count). The van der Waals surface area contributed by atoms with Crippen molar-refractivity contribution in [3.63, 3.8) is 0 Å². The quantitative estimate of drug-likeness (QED) is 0.545. The first-order valence-electron chi connectivity index (χ1n) is 4.07. The van der Waals surface area contributed by atoms with Crippen LogP contribution in [0.5, 0.6) is 0 Å². The molecule has 1 aromatic heterocycles. The molecule has 1 aromatic rings. The average Bonchev–Trinajstić information content (AvgIpc) is 2.81. The summed E-state index contributed by atoms with van der Waals surface area (Å²) in [6, 6.07) is 1.87. The molecule has 3 nitrogen and oxygen atoms in total. The van der Waals surface area contributed by atoms with Gasteiger partial charge in [0.15, 0.2) is 0 Å². The second-order valence-corrected chi connectivity index (χ2v) is 3.95. The Kier molecular flexibility index (Phi) is 2.33. The number of carbonyl (C=O) groups excluding carboxylic acids is 1. The average molecular weight is 198 g/mol. The molecule has 1 fully saturated rings. The Morgan fingerprint density at radius 3 is 3.23 bits per heavy atom. The molecule has 1 aliphatic rings. The van der Waals surface area contributed by atoms with Crippen LogP contribution in [0.1, 0.15) is 15.2 Å². The Morgan fingerprint density at radius 1 is 1.85 bits per heavy atom. The van der Waals surface area contributed by atoms with Crippen LogP contribution in [0.25, 0.3) is 0 Å². The van der Waals surface area contributed by atoms with Gasteiger partial charge in [-0.2, -0.15) is 0 Å². The van der Waals surface area contributed by atoms with Crippen LogP contribution in [0.4, 0.5) is 0 Å². The molecule has 0 amide bonds. The van der Waals surface area contributed by atoms with E-state index in [1.165, 1.54) is 12.0 Å². The summed E-state index contributed by atoms with van der Waals surface area (Å²) < 4.78 is 9.71. The topological polar surface area (TPSA) is 38.8 Å². The molecule has 0 bridgehead atoms. The van der Waals surface area contributed by atoms with Crippen molar-refractivity contribution in [1.29, 1.82) is 0 Å². The van der Waals surface area contributed by atoms with Crippen molar-refractivity contribution in [3.8, 4) is 0 Å². The second kappa shape index (κ2) is 3.47. The van der Waals surface area contributed by atoms with Gasteiger partial charge in [0.05, 0.1) is 25.4 Å². The van der Waals surface area contributed by atoms with E-state index in [0.29, 0.717) is 11.7 Å². The zero-order chi connectivity index (χ0) is 9.26. The summed E-state index contributed by atoms with van der Waals surface area (Å²) in [5.41, 5.74) is 0.642. The molecule has 0 spiro atoms. The summed E-state index contributed by atoms with van der Waals surface area (Å²) in [7, 11) is 1.39. The van der Waals surface area contributed by atoms with E-state index in [2.05, 4.69) is 4.74 Å². The Balaban J connectivity index is 2.03. The van der Waals surface area contributed by atoms with E-state index < -0.39 is 0 Å². The van der Waals surface area contributed by atoms with Gasteiger partial charge >= 0.3 is 5.97 Å². The van der Waals surface area contributed by atoms with E-state index in [0.717, 1.165) is 13.0 Å². The molecule has 0 aromatic carbocycles. The molecule has 2 heterocycles. The second-order valence-electron chi connectivity index (χ2n) is 2.95. The van der Waals surface area contributed by atoms with Crippen LogP contribution in [0.3, 0.4) is 0 Å². The number of rotatable bonds is 3. The van der Waals surface area contributed by atoms with E-state index >= 15 is 0 Å². The van der Waals surface area contributed by atoms with Crippen molar-refractivity contribution >= 4 is 17.3 Å². The van der Waals surface area contributed by atoms with Gasteiger partial charge in [-0.1, -0.05) is 0 Å². The third kappa shape index (κ3) is 2.08. The highest BCUT2D eigenvalue weighted by Gasteiger charge is 2.23. The molecule has 70 valence electrons. The van der Waals surface area contributed by atoms with Gasteiger partial charge in [-0.3, -0.25) is 0 Å². The SMILES string of the molecule is COC(=O)c1csc(CC2CO2)c1. The van der Waals surface area contributed by atoms with Crippen molar-refractivity contribution in [2.75, 3.05) is 13.7 Å². The minimum absolute atomic E-state index is 0.265. The van der Waals surface area contributed by atoms with Gasteiger partial charge in [-0.15, -0.1) is 11.3 Å². The predicted octanol–water partition coefficient (Wildman–Crippen LogP) is 1.48. The summed E-state index contributed by atoms with van der Waals surface area (Å²) in [6.45, 7) is 0.853. The number of methoxy groups -OCH3 is 1. The number of thiophene rings is 1.